The fourth-order valence-electron chi connectivity index (χ4n) is 3.96. The lowest BCUT2D eigenvalue weighted by Gasteiger charge is -2.28. The molecule has 2 aliphatic rings. The first-order valence-electron chi connectivity index (χ1n) is 8.45. The van der Waals surface area contributed by atoms with Crippen molar-refractivity contribution in [1.82, 2.24) is 9.38 Å². The van der Waals surface area contributed by atoms with Gasteiger partial charge in [0.05, 0.1) is 18.0 Å². The van der Waals surface area contributed by atoms with Crippen LogP contribution in [0.1, 0.15) is 80.4 Å². The van der Waals surface area contributed by atoms with Gasteiger partial charge in [-0.05, 0) is 31.1 Å². The van der Waals surface area contributed by atoms with Crippen molar-refractivity contribution >= 4 is 16.2 Å². The number of aliphatic hydroxyl groups excluding tert-OH is 1. The molecule has 0 aromatic carbocycles. The van der Waals surface area contributed by atoms with Gasteiger partial charge in [-0.3, -0.25) is 4.40 Å². The molecule has 114 valence electrons. The van der Waals surface area contributed by atoms with E-state index in [0.717, 1.165) is 12.1 Å². The highest BCUT2D eigenvalue weighted by molar-refractivity contribution is 7.17. The molecule has 1 atom stereocenters. The van der Waals surface area contributed by atoms with E-state index in [1.807, 2.05) is 23.9 Å². The average Bonchev–Trinajstić information content (AvgIpc) is 2.98. The Bertz CT molecular complexity index is 607. The van der Waals surface area contributed by atoms with Gasteiger partial charge in [0.1, 0.15) is 11.2 Å². The van der Waals surface area contributed by atoms with E-state index in [1.165, 1.54) is 61.1 Å². The standard InChI is InChI=1S/C17H24N2OS/c20-14(9-12-5-2-1-3-6-12)16-17(13-7-4-8-13)21-15-10-18-11-19(15)16/h10-14,20H,1-9H2. The summed E-state index contributed by atoms with van der Waals surface area (Å²) in [6.45, 7) is 0. The Kier molecular flexibility index (Phi) is 3.76. The third-order valence-electron chi connectivity index (χ3n) is 5.40. The van der Waals surface area contributed by atoms with Crippen molar-refractivity contribution < 1.29 is 5.11 Å². The number of aromatic nitrogens is 2. The van der Waals surface area contributed by atoms with Crippen LogP contribution in [0.3, 0.4) is 0 Å². The van der Waals surface area contributed by atoms with E-state index in [1.54, 1.807) is 0 Å². The predicted molar refractivity (Wildman–Crippen MR) is 85.8 cm³/mol. The van der Waals surface area contributed by atoms with Gasteiger partial charge in [-0.2, -0.15) is 0 Å². The molecular weight excluding hydrogens is 280 g/mol. The van der Waals surface area contributed by atoms with E-state index < -0.39 is 0 Å². The van der Waals surface area contributed by atoms with Crippen molar-refractivity contribution in [1.29, 1.82) is 0 Å². The van der Waals surface area contributed by atoms with Crippen LogP contribution in [0.25, 0.3) is 4.83 Å². The first-order valence-corrected chi connectivity index (χ1v) is 9.27. The molecule has 2 aliphatic carbocycles. The van der Waals surface area contributed by atoms with Gasteiger partial charge in [0.15, 0.2) is 0 Å². The maximum absolute atomic E-state index is 10.9. The zero-order valence-corrected chi connectivity index (χ0v) is 13.3. The van der Waals surface area contributed by atoms with Crippen LogP contribution < -0.4 is 0 Å². The van der Waals surface area contributed by atoms with E-state index in [-0.39, 0.29) is 6.10 Å². The molecule has 1 unspecified atom stereocenters. The number of hydrogen-bond acceptors (Lipinski definition) is 3. The second kappa shape index (κ2) is 5.73. The van der Waals surface area contributed by atoms with Gasteiger partial charge in [-0.15, -0.1) is 11.3 Å². The highest BCUT2D eigenvalue weighted by atomic mass is 32.1. The molecule has 0 radical (unpaired) electrons. The van der Waals surface area contributed by atoms with E-state index in [2.05, 4.69) is 9.38 Å². The maximum atomic E-state index is 10.9. The average molecular weight is 304 g/mol. The van der Waals surface area contributed by atoms with Crippen LogP contribution in [-0.4, -0.2) is 14.5 Å². The van der Waals surface area contributed by atoms with Crippen LogP contribution in [0.5, 0.6) is 0 Å². The normalized spacial score (nSPS) is 22.5. The van der Waals surface area contributed by atoms with Crippen LogP contribution in [0.4, 0.5) is 0 Å². The van der Waals surface area contributed by atoms with Crippen molar-refractivity contribution in [3.63, 3.8) is 0 Å². The van der Waals surface area contributed by atoms with Crippen molar-refractivity contribution in [3.8, 4) is 0 Å². The summed E-state index contributed by atoms with van der Waals surface area (Å²) in [5.41, 5.74) is 1.16. The van der Waals surface area contributed by atoms with E-state index in [4.69, 9.17) is 0 Å². The second-order valence-corrected chi connectivity index (χ2v) is 7.90. The Morgan fingerprint density at radius 1 is 1.19 bits per heavy atom. The van der Waals surface area contributed by atoms with Gasteiger partial charge < -0.3 is 5.11 Å². The lowest BCUT2D eigenvalue weighted by molar-refractivity contribution is 0.125. The Morgan fingerprint density at radius 2 is 2.00 bits per heavy atom. The zero-order valence-electron chi connectivity index (χ0n) is 12.5. The zero-order chi connectivity index (χ0) is 14.2. The lowest BCUT2D eigenvalue weighted by Crippen LogP contribution is -2.16. The molecule has 0 bridgehead atoms. The fraction of sp³-hybridized carbons (Fsp3) is 0.706. The Morgan fingerprint density at radius 3 is 2.71 bits per heavy atom. The molecular formula is C17H24N2OS. The monoisotopic (exact) mass is 304 g/mol. The predicted octanol–water partition coefficient (Wildman–Crippen LogP) is 4.67. The first kappa shape index (κ1) is 13.8. The third kappa shape index (κ3) is 2.53. The highest BCUT2D eigenvalue weighted by Crippen LogP contribution is 2.45. The first-order chi connectivity index (χ1) is 10.3. The van der Waals surface area contributed by atoms with Gasteiger partial charge in [0.25, 0.3) is 0 Å². The molecule has 4 rings (SSSR count). The third-order valence-corrected chi connectivity index (χ3v) is 6.68. The van der Waals surface area contributed by atoms with E-state index in [0.29, 0.717) is 11.8 Å². The molecule has 0 spiro atoms. The largest absolute Gasteiger partial charge is 0.387 e. The molecule has 21 heavy (non-hydrogen) atoms. The SMILES string of the molecule is OC(CC1CCCCC1)c1c(C2CCC2)sc2cncn12. The summed E-state index contributed by atoms with van der Waals surface area (Å²) in [6.07, 6.45) is 15.0. The van der Waals surface area contributed by atoms with Gasteiger partial charge in [-0.25, -0.2) is 4.98 Å². The summed E-state index contributed by atoms with van der Waals surface area (Å²) >= 11 is 1.85. The molecule has 2 fully saturated rings. The van der Waals surface area contributed by atoms with Gasteiger partial charge in [-0.1, -0.05) is 38.5 Å². The van der Waals surface area contributed by atoms with Crippen LogP contribution in [0.2, 0.25) is 0 Å². The minimum Gasteiger partial charge on any atom is -0.387 e. The van der Waals surface area contributed by atoms with E-state index >= 15 is 0 Å². The smallest absolute Gasteiger partial charge is 0.120 e. The topological polar surface area (TPSA) is 37.5 Å². The molecule has 3 nitrogen and oxygen atoms in total. The maximum Gasteiger partial charge on any atom is 0.120 e. The van der Waals surface area contributed by atoms with Crippen LogP contribution >= 0.6 is 11.3 Å². The van der Waals surface area contributed by atoms with Gasteiger partial charge >= 0.3 is 0 Å². The Hall–Kier alpha value is -0.870. The summed E-state index contributed by atoms with van der Waals surface area (Å²) in [5.74, 6) is 1.40. The van der Waals surface area contributed by atoms with Crippen molar-refractivity contribution in [2.45, 2.75) is 69.8 Å². The summed E-state index contributed by atoms with van der Waals surface area (Å²) in [7, 11) is 0. The van der Waals surface area contributed by atoms with Crippen LogP contribution in [0.15, 0.2) is 12.5 Å². The molecule has 2 aromatic rings. The molecule has 2 saturated carbocycles. The number of nitrogens with zero attached hydrogens (tertiary/aromatic N) is 2. The van der Waals surface area contributed by atoms with Gasteiger partial charge in [0.2, 0.25) is 0 Å². The van der Waals surface area contributed by atoms with Crippen molar-refractivity contribution in [3.05, 3.63) is 23.1 Å². The molecule has 0 amide bonds. The summed E-state index contributed by atoms with van der Waals surface area (Å²) < 4.78 is 2.14. The summed E-state index contributed by atoms with van der Waals surface area (Å²) in [5, 5.41) is 10.9. The molecule has 0 saturated heterocycles. The summed E-state index contributed by atoms with van der Waals surface area (Å²) in [6, 6.07) is 0. The van der Waals surface area contributed by atoms with Crippen LogP contribution in [-0.2, 0) is 0 Å². The number of thiazole rings is 1. The number of hydrogen-bond donors (Lipinski definition) is 1. The molecule has 2 aromatic heterocycles. The Labute approximate surface area is 130 Å². The van der Waals surface area contributed by atoms with E-state index in [9.17, 15) is 5.11 Å². The highest BCUT2D eigenvalue weighted by Gasteiger charge is 2.30. The minimum atomic E-state index is -0.313. The number of rotatable bonds is 4. The van der Waals surface area contributed by atoms with Crippen molar-refractivity contribution in [2.75, 3.05) is 0 Å². The van der Waals surface area contributed by atoms with Gasteiger partial charge in [0, 0.05) is 4.88 Å². The fourth-order valence-corrected chi connectivity index (χ4v) is 5.28. The number of fused-ring (bicyclic) bond motifs is 1. The number of aliphatic hydroxyl groups is 1. The minimum absolute atomic E-state index is 0.313. The van der Waals surface area contributed by atoms with Crippen LogP contribution in [0, 0.1) is 5.92 Å². The summed E-state index contributed by atoms with van der Waals surface area (Å²) in [4.78, 5) is 6.88. The van der Waals surface area contributed by atoms with Crippen molar-refractivity contribution in [2.24, 2.45) is 5.92 Å². The second-order valence-electron chi connectivity index (χ2n) is 6.84. The molecule has 2 heterocycles. The molecule has 1 N–H and O–H groups in total. The molecule has 4 heteroatoms. The lowest BCUT2D eigenvalue weighted by atomic mass is 9.81. The molecule has 0 aliphatic heterocycles. The Balaban J connectivity index is 1.61. The number of imidazole rings is 1. The quantitative estimate of drug-likeness (QED) is 0.891.